The summed E-state index contributed by atoms with van der Waals surface area (Å²) < 4.78 is 3.04. The van der Waals surface area contributed by atoms with Gasteiger partial charge in [-0.2, -0.15) is 0 Å². The molecule has 0 radical (unpaired) electrons. The Labute approximate surface area is 155 Å². The summed E-state index contributed by atoms with van der Waals surface area (Å²) in [6, 6.07) is 15.2. The van der Waals surface area contributed by atoms with Crippen LogP contribution in [0.25, 0.3) is 0 Å². The number of fused-ring (bicyclic) bond motifs is 1. The van der Waals surface area contributed by atoms with Crippen molar-refractivity contribution >= 4 is 15.9 Å². The fourth-order valence-electron chi connectivity index (χ4n) is 3.65. The molecule has 0 fully saturated rings. The van der Waals surface area contributed by atoms with Crippen molar-refractivity contribution in [2.45, 2.75) is 33.0 Å². The summed E-state index contributed by atoms with van der Waals surface area (Å²) in [6.45, 7) is 6.88. The molecule has 0 saturated carbocycles. The molecular weight excluding hydrogens is 378 g/mol. The van der Waals surface area contributed by atoms with Gasteiger partial charge in [0.2, 0.25) is 0 Å². The second-order valence-electron chi connectivity index (χ2n) is 6.68. The molecule has 1 aromatic heterocycles. The zero-order valence-electron chi connectivity index (χ0n) is 14.4. The maximum atomic E-state index is 4.33. The molecule has 1 atom stereocenters. The highest BCUT2D eigenvalue weighted by atomic mass is 79.9. The first kappa shape index (κ1) is 16.4. The van der Waals surface area contributed by atoms with Crippen molar-refractivity contribution in [3.63, 3.8) is 0 Å². The average molecular weight is 398 g/mol. The highest BCUT2D eigenvalue weighted by Gasteiger charge is 2.32. The summed E-state index contributed by atoms with van der Waals surface area (Å²) in [5, 5.41) is 12.4. The van der Waals surface area contributed by atoms with Crippen LogP contribution in [0.5, 0.6) is 0 Å². The lowest BCUT2D eigenvalue weighted by molar-refractivity contribution is 0.164. The van der Waals surface area contributed by atoms with Crippen molar-refractivity contribution in [2.75, 3.05) is 6.54 Å². The zero-order chi connectivity index (χ0) is 17.4. The minimum Gasteiger partial charge on any atom is -0.284 e. The van der Waals surface area contributed by atoms with Gasteiger partial charge < -0.3 is 0 Å². The standard InChI is InChI=1S/C19H20BrN5/c1-13-8-14(2)10-16(9-13)18-19-21-22-23-25(19)7-6-24(18)12-15-4-3-5-17(20)11-15/h3-5,8-11,18H,6-7,12H2,1-2H3. The summed E-state index contributed by atoms with van der Waals surface area (Å²) in [5.74, 6) is 0.922. The van der Waals surface area contributed by atoms with E-state index in [-0.39, 0.29) is 6.04 Å². The van der Waals surface area contributed by atoms with Crippen LogP contribution in [0, 0.1) is 13.8 Å². The number of aromatic nitrogens is 4. The van der Waals surface area contributed by atoms with Crippen LogP contribution in [0.2, 0.25) is 0 Å². The number of nitrogens with zero attached hydrogens (tertiary/aromatic N) is 5. The van der Waals surface area contributed by atoms with Crippen molar-refractivity contribution in [2.24, 2.45) is 0 Å². The third-order valence-corrected chi connectivity index (χ3v) is 5.10. The van der Waals surface area contributed by atoms with Crippen LogP contribution < -0.4 is 0 Å². The SMILES string of the molecule is Cc1cc(C)cc(C2c3nnnn3CCN2Cc2cccc(Br)c2)c1. The molecule has 3 aromatic rings. The third-order valence-electron chi connectivity index (χ3n) is 4.60. The van der Waals surface area contributed by atoms with Gasteiger partial charge in [-0.05, 0) is 47.5 Å². The van der Waals surface area contributed by atoms with E-state index < -0.39 is 0 Å². The predicted molar refractivity (Wildman–Crippen MR) is 100 cm³/mol. The van der Waals surface area contributed by atoms with Gasteiger partial charge in [0.15, 0.2) is 5.82 Å². The second kappa shape index (κ2) is 6.69. The predicted octanol–water partition coefficient (Wildman–Crippen LogP) is 3.66. The van der Waals surface area contributed by atoms with Crippen LogP contribution in [-0.2, 0) is 13.1 Å². The average Bonchev–Trinajstić information content (AvgIpc) is 3.02. The normalized spacial score (nSPS) is 17.5. The maximum absolute atomic E-state index is 4.33. The van der Waals surface area contributed by atoms with Crippen LogP contribution in [0.15, 0.2) is 46.9 Å². The number of halogens is 1. The summed E-state index contributed by atoms with van der Waals surface area (Å²) in [4.78, 5) is 2.46. The Balaban J connectivity index is 1.75. The van der Waals surface area contributed by atoms with Gasteiger partial charge >= 0.3 is 0 Å². The summed E-state index contributed by atoms with van der Waals surface area (Å²) in [6.07, 6.45) is 0. The van der Waals surface area contributed by atoms with E-state index in [0.29, 0.717) is 0 Å². The monoisotopic (exact) mass is 397 g/mol. The quantitative estimate of drug-likeness (QED) is 0.676. The van der Waals surface area contributed by atoms with Crippen LogP contribution in [0.3, 0.4) is 0 Å². The largest absolute Gasteiger partial charge is 0.284 e. The van der Waals surface area contributed by atoms with E-state index >= 15 is 0 Å². The van der Waals surface area contributed by atoms with E-state index in [1.807, 2.05) is 4.68 Å². The van der Waals surface area contributed by atoms with Crippen molar-refractivity contribution in [1.82, 2.24) is 25.1 Å². The highest BCUT2D eigenvalue weighted by molar-refractivity contribution is 9.10. The molecule has 6 heteroatoms. The molecule has 2 heterocycles. The first-order chi connectivity index (χ1) is 12.1. The van der Waals surface area contributed by atoms with Gasteiger partial charge in [0, 0.05) is 17.6 Å². The van der Waals surface area contributed by atoms with E-state index in [2.05, 4.69) is 92.7 Å². The Hall–Kier alpha value is -2.05. The van der Waals surface area contributed by atoms with E-state index in [1.54, 1.807) is 0 Å². The number of hydrogen-bond donors (Lipinski definition) is 0. The Morgan fingerprint density at radius 1 is 1.08 bits per heavy atom. The van der Waals surface area contributed by atoms with Gasteiger partial charge in [0.25, 0.3) is 0 Å². The maximum Gasteiger partial charge on any atom is 0.173 e. The summed E-state index contributed by atoms with van der Waals surface area (Å²) in [5.41, 5.74) is 5.07. The van der Waals surface area contributed by atoms with Crippen LogP contribution in [0.1, 0.15) is 34.1 Å². The topological polar surface area (TPSA) is 46.8 Å². The summed E-state index contributed by atoms with van der Waals surface area (Å²) >= 11 is 3.57. The van der Waals surface area contributed by atoms with Gasteiger partial charge in [-0.25, -0.2) is 4.68 Å². The molecule has 0 aliphatic carbocycles. The Kier molecular flexibility index (Phi) is 4.39. The van der Waals surface area contributed by atoms with Gasteiger partial charge in [0.1, 0.15) is 0 Å². The van der Waals surface area contributed by atoms with E-state index in [0.717, 1.165) is 29.9 Å². The number of hydrogen-bond acceptors (Lipinski definition) is 4. The number of benzene rings is 2. The van der Waals surface area contributed by atoms with Gasteiger partial charge in [0.05, 0.1) is 12.6 Å². The van der Waals surface area contributed by atoms with Crippen molar-refractivity contribution in [3.8, 4) is 0 Å². The minimum atomic E-state index is 0.0707. The van der Waals surface area contributed by atoms with Crippen LogP contribution in [0.4, 0.5) is 0 Å². The molecule has 0 N–H and O–H groups in total. The van der Waals surface area contributed by atoms with Crippen molar-refractivity contribution in [3.05, 3.63) is 75.0 Å². The molecule has 1 unspecified atom stereocenters. The molecule has 5 nitrogen and oxygen atoms in total. The molecule has 1 aliphatic rings. The molecule has 0 saturated heterocycles. The Morgan fingerprint density at radius 2 is 1.88 bits per heavy atom. The van der Waals surface area contributed by atoms with Crippen LogP contribution in [-0.4, -0.2) is 31.7 Å². The van der Waals surface area contributed by atoms with Gasteiger partial charge in [-0.3, -0.25) is 4.90 Å². The Morgan fingerprint density at radius 3 is 2.64 bits per heavy atom. The molecule has 4 rings (SSSR count). The molecule has 128 valence electrons. The lowest BCUT2D eigenvalue weighted by Crippen LogP contribution is -2.39. The molecular formula is C19H20BrN5. The molecule has 0 amide bonds. The first-order valence-corrected chi connectivity index (χ1v) is 9.22. The smallest absolute Gasteiger partial charge is 0.173 e. The fourth-order valence-corrected chi connectivity index (χ4v) is 4.10. The summed E-state index contributed by atoms with van der Waals surface area (Å²) in [7, 11) is 0. The fraction of sp³-hybridized carbons (Fsp3) is 0.316. The number of aryl methyl sites for hydroxylation is 2. The molecule has 1 aliphatic heterocycles. The third kappa shape index (κ3) is 3.37. The second-order valence-corrected chi connectivity index (χ2v) is 7.60. The van der Waals surface area contributed by atoms with Gasteiger partial charge in [-0.1, -0.05) is 57.4 Å². The Bertz CT molecular complexity index is 884. The highest BCUT2D eigenvalue weighted by Crippen LogP contribution is 2.32. The number of rotatable bonds is 3. The molecule has 0 spiro atoms. The first-order valence-electron chi connectivity index (χ1n) is 8.43. The van der Waals surface area contributed by atoms with Crippen LogP contribution >= 0.6 is 15.9 Å². The molecule has 25 heavy (non-hydrogen) atoms. The molecule has 0 bridgehead atoms. The molecule has 2 aromatic carbocycles. The van der Waals surface area contributed by atoms with Gasteiger partial charge in [-0.15, -0.1) is 5.10 Å². The van der Waals surface area contributed by atoms with Crippen molar-refractivity contribution < 1.29 is 0 Å². The van der Waals surface area contributed by atoms with Crippen molar-refractivity contribution in [1.29, 1.82) is 0 Å². The number of tetrazole rings is 1. The van der Waals surface area contributed by atoms with E-state index in [4.69, 9.17) is 0 Å². The van der Waals surface area contributed by atoms with E-state index in [9.17, 15) is 0 Å². The zero-order valence-corrected chi connectivity index (χ0v) is 15.9. The lowest BCUT2D eigenvalue weighted by Gasteiger charge is -2.35. The van der Waals surface area contributed by atoms with E-state index in [1.165, 1.54) is 22.3 Å². The lowest BCUT2D eigenvalue weighted by atomic mass is 9.98. The minimum absolute atomic E-state index is 0.0707.